The number of amides is 2. The van der Waals surface area contributed by atoms with Crippen molar-refractivity contribution in [3.05, 3.63) is 29.3 Å². The first-order valence-electron chi connectivity index (χ1n) is 6.28. The molecule has 6 heteroatoms. The molecule has 1 N–H and O–H groups in total. The molecular weight excluding hydrogens is 292 g/mol. The molecule has 2 amide bonds. The van der Waals surface area contributed by atoms with Gasteiger partial charge in [-0.2, -0.15) is 0 Å². The van der Waals surface area contributed by atoms with Crippen LogP contribution >= 0.6 is 24.0 Å². The fourth-order valence-corrected chi connectivity index (χ4v) is 3.34. The number of aryl methyl sites for hydroxylation is 1. The molecule has 0 aromatic heterocycles. The zero-order valence-electron chi connectivity index (χ0n) is 11.6. The Labute approximate surface area is 127 Å². The molecule has 0 aliphatic carbocycles. The smallest absolute Gasteiger partial charge is 0.244 e. The number of benzene rings is 1. The van der Waals surface area contributed by atoms with Crippen molar-refractivity contribution in [3.63, 3.8) is 0 Å². The minimum Gasteiger partial charge on any atom is -0.324 e. The SMILES string of the molecule is Cc1cccc(NC(=O)CN2C(=O)C(C)SC2=S)c1C. The summed E-state index contributed by atoms with van der Waals surface area (Å²) >= 11 is 6.43. The number of carbonyl (C=O) groups excluding carboxylic acids is 2. The van der Waals surface area contributed by atoms with Gasteiger partial charge in [-0.25, -0.2) is 0 Å². The highest BCUT2D eigenvalue weighted by Crippen LogP contribution is 2.26. The molecule has 0 saturated carbocycles. The molecule has 0 spiro atoms. The minimum atomic E-state index is -0.232. The van der Waals surface area contributed by atoms with Crippen molar-refractivity contribution in [2.75, 3.05) is 11.9 Å². The average Bonchev–Trinajstić information content (AvgIpc) is 2.62. The monoisotopic (exact) mass is 308 g/mol. The van der Waals surface area contributed by atoms with Gasteiger partial charge in [-0.3, -0.25) is 14.5 Å². The summed E-state index contributed by atoms with van der Waals surface area (Å²) in [7, 11) is 0. The Hall–Kier alpha value is -1.40. The fraction of sp³-hybridized carbons (Fsp3) is 0.357. The van der Waals surface area contributed by atoms with E-state index >= 15 is 0 Å². The Balaban J connectivity index is 2.05. The minimum absolute atomic E-state index is 0.0254. The third-order valence-electron chi connectivity index (χ3n) is 3.29. The van der Waals surface area contributed by atoms with Crippen molar-refractivity contribution in [1.82, 2.24) is 4.90 Å². The number of carbonyl (C=O) groups is 2. The summed E-state index contributed by atoms with van der Waals surface area (Å²) in [4.78, 5) is 25.3. The molecule has 20 heavy (non-hydrogen) atoms. The number of rotatable bonds is 3. The Morgan fingerprint density at radius 1 is 1.45 bits per heavy atom. The van der Waals surface area contributed by atoms with Crippen LogP contribution in [0.1, 0.15) is 18.1 Å². The molecular formula is C14H16N2O2S2. The van der Waals surface area contributed by atoms with Crippen molar-refractivity contribution in [2.24, 2.45) is 0 Å². The number of hydrogen-bond donors (Lipinski definition) is 1. The van der Waals surface area contributed by atoms with Gasteiger partial charge in [0.2, 0.25) is 11.8 Å². The maximum absolute atomic E-state index is 12.1. The third kappa shape index (κ3) is 3.02. The lowest BCUT2D eigenvalue weighted by molar-refractivity contribution is -0.129. The van der Waals surface area contributed by atoms with Gasteiger partial charge in [-0.15, -0.1) is 0 Å². The van der Waals surface area contributed by atoms with Gasteiger partial charge >= 0.3 is 0 Å². The average molecular weight is 308 g/mol. The van der Waals surface area contributed by atoms with Crippen LogP contribution in [0, 0.1) is 13.8 Å². The van der Waals surface area contributed by atoms with Crippen LogP contribution in [0.25, 0.3) is 0 Å². The standard InChI is InChI=1S/C14H16N2O2S2/c1-8-5-4-6-11(9(8)2)15-12(17)7-16-13(18)10(3)20-14(16)19/h4-6,10H,7H2,1-3H3,(H,15,17). The van der Waals surface area contributed by atoms with Gasteiger partial charge in [-0.1, -0.05) is 36.1 Å². The highest BCUT2D eigenvalue weighted by Gasteiger charge is 2.34. The zero-order chi connectivity index (χ0) is 14.9. The van der Waals surface area contributed by atoms with Crippen molar-refractivity contribution in [3.8, 4) is 0 Å². The normalized spacial score (nSPS) is 18.6. The number of thioether (sulfide) groups is 1. The maximum atomic E-state index is 12.1. The van der Waals surface area contributed by atoms with Gasteiger partial charge in [0.1, 0.15) is 10.9 Å². The van der Waals surface area contributed by atoms with E-state index < -0.39 is 0 Å². The van der Waals surface area contributed by atoms with Crippen LogP contribution in [0.2, 0.25) is 0 Å². The molecule has 2 rings (SSSR count). The van der Waals surface area contributed by atoms with E-state index in [0.717, 1.165) is 16.8 Å². The molecule has 4 nitrogen and oxygen atoms in total. The molecule has 0 radical (unpaired) electrons. The second-order valence-corrected chi connectivity index (χ2v) is 6.72. The van der Waals surface area contributed by atoms with Gasteiger partial charge in [0, 0.05) is 5.69 Å². The molecule has 1 aromatic carbocycles. The molecule has 1 saturated heterocycles. The molecule has 1 aromatic rings. The van der Waals surface area contributed by atoms with Gasteiger partial charge in [0.25, 0.3) is 0 Å². The Morgan fingerprint density at radius 2 is 2.15 bits per heavy atom. The summed E-state index contributed by atoms with van der Waals surface area (Å²) in [6.45, 7) is 5.71. The summed E-state index contributed by atoms with van der Waals surface area (Å²) in [5.41, 5.74) is 2.91. The first-order valence-corrected chi connectivity index (χ1v) is 7.57. The van der Waals surface area contributed by atoms with Crippen molar-refractivity contribution in [1.29, 1.82) is 0 Å². The van der Waals surface area contributed by atoms with E-state index in [9.17, 15) is 9.59 Å². The van der Waals surface area contributed by atoms with Crippen LogP contribution < -0.4 is 5.32 Å². The largest absolute Gasteiger partial charge is 0.324 e. The van der Waals surface area contributed by atoms with E-state index in [1.54, 1.807) is 6.92 Å². The second-order valence-electron chi connectivity index (χ2n) is 4.75. The molecule has 1 atom stereocenters. The van der Waals surface area contributed by atoms with Crippen molar-refractivity contribution >= 4 is 45.8 Å². The summed E-state index contributed by atoms with van der Waals surface area (Å²) in [6.07, 6.45) is 0. The van der Waals surface area contributed by atoms with Gasteiger partial charge in [0.15, 0.2) is 0 Å². The number of thiocarbonyl (C=S) groups is 1. The predicted octanol–water partition coefficient (Wildman–Crippen LogP) is 2.49. The van der Waals surface area contributed by atoms with E-state index in [-0.39, 0.29) is 23.6 Å². The fourth-order valence-electron chi connectivity index (χ4n) is 1.94. The summed E-state index contributed by atoms with van der Waals surface area (Å²) in [6, 6.07) is 5.73. The van der Waals surface area contributed by atoms with Crippen LogP contribution in [0.5, 0.6) is 0 Å². The lowest BCUT2D eigenvalue weighted by Gasteiger charge is -2.16. The van der Waals surface area contributed by atoms with Crippen LogP contribution in [0.4, 0.5) is 5.69 Å². The third-order valence-corrected chi connectivity index (χ3v) is 4.78. The Bertz CT molecular complexity index is 587. The molecule has 1 aliphatic heterocycles. The first kappa shape index (κ1) is 15.0. The van der Waals surface area contributed by atoms with Gasteiger partial charge in [-0.05, 0) is 38.0 Å². The number of anilines is 1. The lowest BCUT2D eigenvalue weighted by atomic mass is 10.1. The van der Waals surface area contributed by atoms with Crippen LogP contribution in [0.15, 0.2) is 18.2 Å². The number of nitrogens with zero attached hydrogens (tertiary/aromatic N) is 1. The topological polar surface area (TPSA) is 49.4 Å². The molecule has 1 fully saturated rings. The van der Waals surface area contributed by atoms with Gasteiger partial charge in [0.05, 0.1) is 5.25 Å². The molecule has 0 bridgehead atoms. The number of hydrogen-bond acceptors (Lipinski definition) is 4. The van der Waals surface area contributed by atoms with E-state index in [0.29, 0.717) is 4.32 Å². The Kier molecular flexibility index (Phi) is 4.45. The highest BCUT2D eigenvalue weighted by molar-refractivity contribution is 8.24. The molecule has 106 valence electrons. The zero-order valence-corrected chi connectivity index (χ0v) is 13.2. The van der Waals surface area contributed by atoms with E-state index in [1.807, 2.05) is 32.0 Å². The summed E-state index contributed by atoms with van der Waals surface area (Å²) < 4.78 is 0.471. The highest BCUT2D eigenvalue weighted by atomic mass is 32.2. The quantitative estimate of drug-likeness (QED) is 0.872. The van der Waals surface area contributed by atoms with Crippen LogP contribution in [-0.2, 0) is 9.59 Å². The van der Waals surface area contributed by atoms with Crippen molar-refractivity contribution in [2.45, 2.75) is 26.0 Å². The van der Waals surface area contributed by atoms with Gasteiger partial charge < -0.3 is 5.32 Å². The summed E-state index contributed by atoms with van der Waals surface area (Å²) in [5, 5.41) is 2.63. The van der Waals surface area contributed by atoms with E-state index in [4.69, 9.17) is 12.2 Å². The lowest BCUT2D eigenvalue weighted by Crippen LogP contribution is -2.37. The molecule has 1 aliphatic rings. The molecule has 1 unspecified atom stereocenters. The first-order chi connectivity index (χ1) is 9.40. The molecule has 1 heterocycles. The maximum Gasteiger partial charge on any atom is 0.244 e. The van der Waals surface area contributed by atoms with Crippen LogP contribution in [-0.4, -0.2) is 32.8 Å². The predicted molar refractivity (Wildman–Crippen MR) is 85.9 cm³/mol. The second kappa shape index (κ2) is 5.93. The van der Waals surface area contributed by atoms with E-state index in [2.05, 4.69) is 5.32 Å². The van der Waals surface area contributed by atoms with Crippen LogP contribution in [0.3, 0.4) is 0 Å². The summed E-state index contributed by atoms with van der Waals surface area (Å²) in [5.74, 6) is -0.333. The Morgan fingerprint density at radius 3 is 2.75 bits per heavy atom. The van der Waals surface area contributed by atoms with Crippen molar-refractivity contribution < 1.29 is 9.59 Å². The number of nitrogens with one attached hydrogen (secondary N) is 1. The van der Waals surface area contributed by atoms with E-state index in [1.165, 1.54) is 16.7 Å².